The smallest absolute Gasteiger partial charge is 0.223 e. The fourth-order valence-electron chi connectivity index (χ4n) is 4.47. The molecule has 2 unspecified atom stereocenters. The number of amides is 1. The van der Waals surface area contributed by atoms with E-state index in [1.165, 1.54) is 23.3 Å². The minimum atomic E-state index is -0.833. The van der Waals surface area contributed by atoms with Gasteiger partial charge in [-0.05, 0) is 41.8 Å². The number of aliphatic hydroxyl groups is 1. The third-order valence-corrected chi connectivity index (χ3v) is 6.38. The number of ether oxygens (including phenoxy) is 3. The summed E-state index contributed by atoms with van der Waals surface area (Å²) in [5.74, 6) is 1.96. The standard InChI is InChI=1S/C26H34N2O5/c1-2-19-5-8-21(9-6-19)31-14-11-25(29)27-22(18-28-12-3-4-13-28)26(30)20-7-10-23-24(17-20)33-16-15-32-23/h5-10,17,22,26,30H,2-4,11-16,18H2,1H3,(H,27,29)/p+1. The van der Waals surface area contributed by atoms with Gasteiger partial charge in [-0.15, -0.1) is 0 Å². The molecule has 0 aliphatic carbocycles. The molecule has 2 heterocycles. The number of carbonyl (C=O) groups excluding carboxylic acids is 1. The number of nitrogens with one attached hydrogen (secondary N) is 2. The lowest BCUT2D eigenvalue weighted by Crippen LogP contribution is -3.11. The van der Waals surface area contributed by atoms with E-state index in [1.807, 2.05) is 42.5 Å². The number of rotatable bonds is 10. The molecule has 0 saturated carbocycles. The molecule has 2 aliphatic rings. The Morgan fingerprint density at radius 1 is 1.09 bits per heavy atom. The number of hydrogen-bond acceptors (Lipinski definition) is 5. The molecule has 7 heteroatoms. The number of likely N-dealkylation sites (tertiary alicyclic amines) is 1. The SMILES string of the molecule is CCc1ccc(OCCC(=O)NC(C[NH+]2CCCC2)C(O)c2ccc3c(c2)OCCO3)cc1. The van der Waals surface area contributed by atoms with Crippen LogP contribution in [0.1, 0.15) is 43.4 Å². The average molecular weight is 456 g/mol. The van der Waals surface area contributed by atoms with Gasteiger partial charge in [0.25, 0.3) is 0 Å². The first-order chi connectivity index (χ1) is 16.1. The van der Waals surface area contributed by atoms with Gasteiger partial charge >= 0.3 is 0 Å². The van der Waals surface area contributed by atoms with Gasteiger partial charge in [-0.2, -0.15) is 0 Å². The minimum Gasteiger partial charge on any atom is -0.493 e. The van der Waals surface area contributed by atoms with Crippen molar-refractivity contribution < 1.29 is 29.0 Å². The third-order valence-electron chi connectivity index (χ3n) is 6.38. The first kappa shape index (κ1) is 23.4. The molecule has 1 saturated heterocycles. The second-order valence-electron chi connectivity index (χ2n) is 8.78. The monoisotopic (exact) mass is 455 g/mol. The summed E-state index contributed by atoms with van der Waals surface area (Å²) in [6.45, 7) is 6.23. The lowest BCUT2D eigenvalue weighted by molar-refractivity contribution is -0.889. The van der Waals surface area contributed by atoms with E-state index >= 15 is 0 Å². The molecule has 0 aromatic heterocycles. The second kappa shape index (κ2) is 11.4. The quantitative estimate of drug-likeness (QED) is 0.508. The highest BCUT2D eigenvalue weighted by Crippen LogP contribution is 2.33. The topological polar surface area (TPSA) is 81.5 Å². The Hall–Kier alpha value is -2.77. The van der Waals surface area contributed by atoms with Gasteiger partial charge in [0.15, 0.2) is 11.5 Å². The Morgan fingerprint density at radius 3 is 2.55 bits per heavy atom. The molecule has 2 aliphatic heterocycles. The minimum absolute atomic E-state index is 0.125. The number of aryl methyl sites for hydroxylation is 1. The summed E-state index contributed by atoms with van der Waals surface area (Å²) in [5, 5.41) is 14.3. The Labute approximate surface area is 195 Å². The lowest BCUT2D eigenvalue weighted by Gasteiger charge is -2.27. The number of benzene rings is 2. The highest BCUT2D eigenvalue weighted by molar-refractivity contribution is 5.76. The predicted octanol–water partition coefficient (Wildman–Crippen LogP) is 1.69. The fourth-order valence-corrected chi connectivity index (χ4v) is 4.47. The third kappa shape index (κ3) is 6.39. The van der Waals surface area contributed by atoms with E-state index in [0.717, 1.165) is 30.8 Å². The van der Waals surface area contributed by atoms with Gasteiger partial charge in [0.1, 0.15) is 37.7 Å². The van der Waals surface area contributed by atoms with Crippen LogP contribution in [0.4, 0.5) is 0 Å². The Bertz CT molecular complexity index is 911. The predicted molar refractivity (Wildman–Crippen MR) is 125 cm³/mol. The summed E-state index contributed by atoms with van der Waals surface area (Å²) in [6, 6.07) is 13.0. The normalized spacial score (nSPS) is 17.4. The Kier molecular flexibility index (Phi) is 8.07. The van der Waals surface area contributed by atoms with Gasteiger partial charge in [-0.25, -0.2) is 0 Å². The number of quaternary nitrogens is 1. The molecular weight excluding hydrogens is 420 g/mol. The molecule has 178 valence electrons. The lowest BCUT2D eigenvalue weighted by atomic mass is 10.0. The molecule has 2 atom stereocenters. The zero-order chi connectivity index (χ0) is 23.0. The van der Waals surface area contributed by atoms with Gasteiger partial charge < -0.3 is 29.5 Å². The van der Waals surface area contributed by atoms with Crippen LogP contribution in [0.25, 0.3) is 0 Å². The summed E-state index contributed by atoms with van der Waals surface area (Å²) >= 11 is 0. The van der Waals surface area contributed by atoms with Crippen LogP contribution in [0.2, 0.25) is 0 Å². The Balaban J connectivity index is 1.36. The van der Waals surface area contributed by atoms with Crippen LogP contribution in [0, 0.1) is 0 Å². The first-order valence-electron chi connectivity index (χ1n) is 12.0. The molecule has 2 aromatic carbocycles. The number of aliphatic hydroxyl groups excluding tert-OH is 1. The molecular formula is C26H35N2O5+. The number of fused-ring (bicyclic) bond motifs is 1. The van der Waals surface area contributed by atoms with E-state index in [0.29, 0.717) is 37.9 Å². The summed E-state index contributed by atoms with van der Waals surface area (Å²) < 4.78 is 17.0. The van der Waals surface area contributed by atoms with Crippen molar-refractivity contribution >= 4 is 5.91 Å². The van der Waals surface area contributed by atoms with E-state index in [9.17, 15) is 9.90 Å². The summed E-state index contributed by atoms with van der Waals surface area (Å²) in [6.07, 6.45) is 2.74. The highest BCUT2D eigenvalue weighted by atomic mass is 16.6. The molecule has 0 bridgehead atoms. The van der Waals surface area contributed by atoms with Crippen molar-refractivity contribution in [3.63, 3.8) is 0 Å². The summed E-state index contributed by atoms with van der Waals surface area (Å²) in [5.41, 5.74) is 1.97. The van der Waals surface area contributed by atoms with Gasteiger partial charge in [0.05, 0.1) is 26.1 Å². The molecule has 1 fully saturated rings. The maximum atomic E-state index is 12.7. The molecule has 0 spiro atoms. The van der Waals surface area contributed by atoms with Crippen molar-refractivity contribution in [3.05, 3.63) is 53.6 Å². The van der Waals surface area contributed by atoms with Crippen LogP contribution in [0.3, 0.4) is 0 Å². The number of carbonyl (C=O) groups is 1. The molecule has 7 nitrogen and oxygen atoms in total. The maximum Gasteiger partial charge on any atom is 0.223 e. The van der Waals surface area contributed by atoms with Gasteiger partial charge in [0, 0.05) is 12.8 Å². The van der Waals surface area contributed by atoms with E-state index in [4.69, 9.17) is 14.2 Å². The zero-order valence-electron chi connectivity index (χ0n) is 19.3. The maximum absolute atomic E-state index is 12.7. The van der Waals surface area contributed by atoms with Gasteiger partial charge in [0.2, 0.25) is 5.91 Å². The average Bonchev–Trinajstić information content (AvgIpc) is 3.36. The Morgan fingerprint density at radius 2 is 1.82 bits per heavy atom. The van der Waals surface area contributed by atoms with Crippen molar-refractivity contribution in [3.8, 4) is 17.2 Å². The van der Waals surface area contributed by atoms with Crippen LogP contribution >= 0.6 is 0 Å². The molecule has 33 heavy (non-hydrogen) atoms. The molecule has 4 rings (SSSR count). The van der Waals surface area contributed by atoms with Crippen molar-refractivity contribution in [2.75, 3.05) is 39.5 Å². The van der Waals surface area contributed by atoms with E-state index in [1.54, 1.807) is 0 Å². The summed E-state index contributed by atoms with van der Waals surface area (Å²) in [7, 11) is 0. The molecule has 2 aromatic rings. The van der Waals surface area contributed by atoms with E-state index in [2.05, 4.69) is 12.2 Å². The van der Waals surface area contributed by atoms with Crippen LogP contribution in [-0.2, 0) is 11.2 Å². The summed E-state index contributed by atoms with van der Waals surface area (Å²) in [4.78, 5) is 14.1. The van der Waals surface area contributed by atoms with E-state index in [-0.39, 0.29) is 12.3 Å². The molecule has 1 amide bonds. The molecule has 0 radical (unpaired) electrons. The van der Waals surface area contributed by atoms with E-state index < -0.39 is 12.1 Å². The molecule has 3 N–H and O–H groups in total. The second-order valence-corrected chi connectivity index (χ2v) is 8.78. The van der Waals surface area contributed by atoms with Crippen molar-refractivity contribution in [1.82, 2.24) is 5.32 Å². The van der Waals surface area contributed by atoms with Crippen molar-refractivity contribution in [2.45, 2.75) is 44.8 Å². The highest BCUT2D eigenvalue weighted by Gasteiger charge is 2.30. The van der Waals surface area contributed by atoms with Crippen molar-refractivity contribution in [2.24, 2.45) is 0 Å². The van der Waals surface area contributed by atoms with Crippen LogP contribution in [0.15, 0.2) is 42.5 Å². The van der Waals surface area contributed by atoms with Crippen LogP contribution in [-0.4, -0.2) is 56.5 Å². The number of hydrogen-bond donors (Lipinski definition) is 3. The van der Waals surface area contributed by atoms with Crippen LogP contribution < -0.4 is 24.4 Å². The van der Waals surface area contributed by atoms with Crippen LogP contribution in [0.5, 0.6) is 17.2 Å². The van der Waals surface area contributed by atoms with Gasteiger partial charge in [-0.1, -0.05) is 25.1 Å². The van der Waals surface area contributed by atoms with Crippen molar-refractivity contribution in [1.29, 1.82) is 0 Å². The fraction of sp³-hybridized carbons (Fsp3) is 0.500. The first-order valence-corrected chi connectivity index (χ1v) is 12.0. The van der Waals surface area contributed by atoms with Gasteiger partial charge in [-0.3, -0.25) is 4.79 Å². The largest absolute Gasteiger partial charge is 0.493 e. The zero-order valence-corrected chi connectivity index (χ0v) is 19.3.